The van der Waals surface area contributed by atoms with Gasteiger partial charge in [-0.05, 0) is 43.7 Å². The summed E-state index contributed by atoms with van der Waals surface area (Å²) < 4.78 is 1.81. The number of anilines is 1. The third kappa shape index (κ3) is 3.12. The maximum absolute atomic E-state index is 12.6. The van der Waals surface area contributed by atoms with E-state index in [2.05, 4.69) is 29.0 Å². The minimum absolute atomic E-state index is 0.0661. The van der Waals surface area contributed by atoms with Crippen LogP contribution in [-0.2, 0) is 6.54 Å². The first kappa shape index (κ1) is 14.6. The van der Waals surface area contributed by atoms with Gasteiger partial charge in [-0.15, -0.1) is 0 Å². The van der Waals surface area contributed by atoms with Gasteiger partial charge in [0.15, 0.2) is 5.82 Å². The number of aromatic nitrogens is 2. The fraction of sp³-hybridized carbons (Fsp3) is 0.750. The van der Waals surface area contributed by atoms with Gasteiger partial charge in [0.25, 0.3) is 5.56 Å². The summed E-state index contributed by atoms with van der Waals surface area (Å²) in [5, 5.41) is 3.49. The normalized spacial score (nSPS) is 26.0. The molecule has 2 atom stereocenters. The molecule has 0 radical (unpaired) electrons. The summed E-state index contributed by atoms with van der Waals surface area (Å²) in [5.41, 5.74) is 0.0661. The van der Waals surface area contributed by atoms with Crippen molar-refractivity contribution < 1.29 is 0 Å². The van der Waals surface area contributed by atoms with Crippen LogP contribution in [0.25, 0.3) is 0 Å². The molecule has 0 spiro atoms. The van der Waals surface area contributed by atoms with E-state index < -0.39 is 0 Å². The molecule has 3 heterocycles. The minimum atomic E-state index is 0.0661. The van der Waals surface area contributed by atoms with Crippen LogP contribution < -0.4 is 15.8 Å². The van der Waals surface area contributed by atoms with Gasteiger partial charge in [-0.2, -0.15) is 0 Å². The highest BCUT2D eigenvalue weighted by molar-refractivity contribution is 5.36. The van der Waals surface area contributed by atoms with Crippen molar-refractivity contribution in [2.75, 3.05) is 31.1 Å². The maximum atomic E-state index is 12.6. The number of hydrogen-bond donors (Lipinski definition) is 1. The number of nitrogens with zero attached hydrogens (tertiary/aromatic N) is 3. The Morgan fingerprint density at radius 3 is 2.57 bits per heavy atom. The summed E-state index contributed by atoms with van der Waals surface area (Å²) >= 11 is 0. The molecule has 2 aliphatic heterocycles. The van der Waals surface area contributed by atoms with Gasteiger partial charge in [-0.3, -0.25) is 4.79 Å². The highest BCUT2D eigenvalue weighted by Gasteiger charge is 2.31. The molecule has 2 fully saturated rings. The molecule has 2 aliphatic rings. The fourth-order valence-corrected chi connectivity index (χ4v) is 3.62. The second-order valence-corrected chi connectivity index (χ2v) is 6.85. The molecule has 0 aromatic carbocycles. The Balaban J connectivity index is 1.79. The van der Waals surface area contributed by atoms with E-state index in [1.54, 1.807) is 10.8 Å². The monoisotopic (exact) mass is 290 g/mol. The van der Waals surface area contributed by atoms with Gasteiger partial charge in [0, 0.05) is 32.0 Å². The van der Waals surface area contributed by atoms with Gasteiger partial charge < -0.3 is 14.8 Å². The van der Waals surface area contributed by atoms with Crippen molar-refractivity contribution in [2.24, 2.45) is 17.8 Å². The van der Waals surface area contributed by atoms with E-state index in [0.717, 1.165) is 57.4 Å². The van der Waals surface area contributed by atoms with Gasteiger partial charge in [-0.25, -0.2) is 4.98 Å². The van der Waals surface area contributed by atoms with E-state index in [1.165, 1.54) is 0 Å². The summed E-state index contributed by atoms with van der Waals surface area (Å²) in [6.45, 7) is 9.21. The van der Waals surface area contributed by atoms with E-state index in [0.29, 0.717) is 11.7 Å². The van der Waals surface area contributed by atoms with Crippen molar-refractivity contribution in [1.29, 1.82) is 0 Å². The second kappa shape index (κ2) is 6.18. The molecule has 1 N–H and O–H groups in total. The topological polar surface area (TPSA) is 50.2 Å². The molecule has 5 nitrogen and oxygen atoms in total. The fourth-order valence-electron chi connectivity index (χ4n) is 3.62. The van der Waals surface area contributed by atoms with Gasteiger partial charge in [0.05, 0.1) is 0 Å². The van der Waals surface area contributed by atoms with Crippen molar-refractivity contribution in [3.8, 4) is 0 Å². The maximum Gasteiger partial charge on any atom is 0.293 e. The number of hydrogen-bond acceptors (Lipinski definition) is 4. The van der Waals surface area contributed by atoms with Crippen LogP contribution >= 0.6 is 0 Å². The predicted octanol–water partition coefficient (Wildman–Crippen LogP) is 1.34. The zero-order chi connectivity index (χ0) is 14.8. The van der Waals surface area contributed by atoms with Crippen LogP contribution in [0.5, 0.6) is 0 Å². The molecule has 1 aromatic heterocycles. The van der Waals surface area contributed by atoms with Crippen LogP contribution in [-0.4, -0.2) is 35.7 Å². The Kier molecular flexibility index (Phi) is 4.29. The first-order valence-electron chi connectivity index (χ1n) is 8.16. The van der Waals surface area contributed by atoms with Crippen molar-refractivity contribution >= 4 is 5.82 Å². The molecular formula is C16H26N4O. The Morgan fingerprint density at radius 2 is 1.95 bits per heavy atom. The standard InChI is InChI=1S/C16H26N4O/c1-12(2)11-20-8-5-18-15(16(20)21)19-6-3-13-9-17-10-14(13)4-7-19/h5,8,12-14,17H,3-4,6-7,9-11H2,1-2H3/t13-,14+. The second-order valence-electron chi connectivity index (χ2n) is 6.85. The van der Waals surface area contributed by atoms with Gasteiger partial charge in [0.1, 0.15) is 0 Å². The molecule has 0 aliphatic carbocycles. The Labute approximate surface area is 126 Å². The molecule has 0 unspecified atom stereocenters. The summed E-state index contributed by atoms with van der Waals surface area (Å²) in [6.07, 6.45) is 5.91. The number of nitrogens with one attached hydrogen (secondary N) is 1. The summed E-state index contributed by atoms with van der Waals surface area (Å²) in [7, 11) is 0. The average Bonchev–Trinajstić information content (AvgIpc) is 2.80. The van der Waals surface area contributed by atoms with Crippen molar-refractivity contribution in [3.05, 3.63) is 22.7 Å². The third-order valence-corrected chi connectivity index (χ3v) is 4.78. The Hall–Kier alpha value is -1.36. The van der Waals surface area contributed by atoms with E-state index in [4.69, 9.17) is 0 Å². The SMILES string of the molecule is CC(C)Cn1ccnc(N2CC[C@@H]3CNC[C@@H]3CC2)c1=O. The molecule has 2 saturated heterocycles. The van der Waals surface area contributed by atoms with Crippen molar-refractivity contribution in [1.82, 2.24) is 14.9 Å². The number of rotatable bonds is 3. The number of fused-ring (bicyclic) bond motifs is 1. The minimum Gasteiger partial charge on any atom is -0.352 e. The third-order valence-electron chi connectivity index (χ3n) is 4.78. The molecule has 1 aromatic rings. The van der Waals surface area contributed by atoms with Crippen molar-refractivity contribution in [2.45, 2.75) is 33.2 Å². The molecular weight excluding hydrogens is 264 g/mol. The lowest BCUT2D eigenvalue weighted by atomic mass is 9.92. The molecule has 0 saturated carbocycles. The van der Waals surface area contributed by atoms with Crippen molar-refractivity contribution in [3.63, 3.8) is 0 Å². The molecule has 116 valence electrons. The Morgan fingerprint density at radius 1 is 1.29 bits per heavy atom. The summed E-state index contributed by atoms with van der Waals surface area (Å²) in [4.78, 5) is 19.2. The highest BCUT2D eigenvalue weighted by Crippen LogP contribution is 2.27. The first-order valence-corrected chi connectivity index (χ1v) is 8.16. The smallest absolute Gasteiger partial charge is 0.293 e. The lowest BCUT2D eigenvalue weighted by Crippen LogP contribution is -2.35. The predicted molar refractivity (Wildman–Crippen MR) is 84.6 cm³/mol. The van der Waals surface area contributed by atoms with Crippen LogP contribution in [0, 0.1) is 17.8 Å². The van der Waals surface area contributed by atoms with E-state index in [9.17, 15) is 4.79 Å². The first-order chi connectivity index (χ1) is 10.1. The summed E-state index contributed by atoms with van der Waals surface area (Å²) in [5.74, 6) is 2.66. The molecule has 3 rings (SSSR count). The zero-order valence-electron chi connectivity index (χ0n) is 13.1. The van der Waals surface area contributed by atoms with Gasteiger partial charge in [0.2, 0.25) is 0 Å². The molecule has 0 bridgehead atoms. The summed E-state index contributed by atoms with van der Waals surface area (Å²) in [6, 6.07) is 0. The van der Waals surface area contributed by atoms with Crippen LogP contribution in [0.2, 0.25) is 0 Å². The molecule has 21 heavy (non-hydrogen) atoms. The zero-order valence-corrected chi connectivity index (χ0v) is 13.1. The van der Waals surface area contributed by atoms with Crippen LogP contribution in [0.1, 0.15) is 26.7 Å². The molecule has 5 heteroatoms. The van der Waals surface area contributed by atoms with Gasteiger partial charge >= 0.3 is 0 Å². The largest absolute Gasteiger partial charge is 0.352 e. The van der Waals surface area contributed by atoms with E-state index >= 15 is 0 Å². The van der Waals surface area contributed by atoms with E-state index in [-0.39, 0.29) is 5.56 Å². The quantitative estimate of drug-likeness (QED) is 0.912. The molecule has 0 amide bonds. The van der Waals surface area contributed by atoms with Crippen LogP contribution in [0.4, 0.5) is 5.82 Å². The Bertz CT molecular complexity index is 525. The lowest BCUT2D eigenvalue weighted by Gasteiger charge is -2.22. The highest BCUT2D eigenvalue weighted by atomic mass is 16.1. The average molecular weight is 290 g/mol. The van der Waals surface area contributed by atoms with Crippen LogP contribution in [0.3, 0.4) is 0 Å². The lowest BCUT2D eigenvalue weighted by molar-refractivity contribution is 0.409. The van der Waals surface area contributed by atoms with E-state index in [1.807, 2.05) is 6.20 Å². The van der Waals surface area contributed by atoms with Gasteiger partial charge in [-0.1, -0.05) is 13.8 Å². The van der Waals surface area contributed by atoms with Crippen LogP contribution in [0.15, 0.2) is 17.2 Å².